The van der Waals surface area contributed by atoms with Crippen LogP contribution in [0.25, 0.3) is 0 Å². The lowest BCUT2D eigenvalue weighted by atomic mass is 10.0. The van der Waals surface area contributed by atoms with Gasteiger partial charge in [-0.2, -0.15) is 5.26 Å². The Morgan fingerprint density at radius 2 is 2.50 bits per heavy atom. The Morgan fingerprint density at radius 1 is 1.75 bits per heavy atom. The topological polar surface area (TPSA) is 65.9 Å². The maximum Gasteiger partial charge on any atom is 0.188 e. The fourth-order valence-electron chi connectivity index (χ4n) is 1.89. The van der Waals surface area contributed by atoms with Crippen LogP contribution in [0.2, 0.25) is 5.15 Å². The summed E-state index contributed by atoms with van der Waals surface area (Å²) in [5.41, 5.74) is 5.88. The molecule has 0 radical (unpaired) electrons. The zero-order chi connectivity index (χ0) is 11.7. The molecule has 6 heteroatoms. The van der Waals surface area contributed by atoms with Gasteiger partial charge >= 0.3 is 0 Å². The van der Waals surface area contributed by atoms with E-state index in [0.29, 0.717) is 15.9 Å². The molecule has 16 heavy (non-hydrogen) atoms. The van der Waals surface area contributed by atoms with Gasteiger partial charge in [-0.15, -0.1) is 0 Å². The molecule has 1 fully saturated rings. The van der Waals surface area contributed by atoms with Gasteiger partial charge in [0, 0.05) is 19.1 Å². The minimum atomic E-state index is 0.205. The van der Waals surface area contributed by atoms with Crippen molar-refractivity contribution >= 4 is 28.1 Å². The molecule has 2 unspecified atom stereocenters. The van der Waals surface area contributed by atoms with E-state index in [2.05, 4.69) is 9.88 Å². The maximum atomic E-state index is 8.81. The Bertz CT molecular complexity index is 423. The van der Waals surface area contributed by atoms with Gasteiger partial charge in [-0.3, -0.25) is 0 Å². The number of thiazole rings is 1. The molecule has 1 aliphatic heterocycles. The van der Waals surface area contributed by atoms with Crippen LogP contribution < -0.4 is 10.6 Å². The van der Waals surface area contributed by atoms with Crippen LogP contribution in [0.5, 0.6) is 0 Å². The average molecular weight is 257 g/mol. The van der Waals surface area contributed by atoms with Crippen molar-refractivity contribution in [1.82, 2.24) is 4.98 Å². The van der Waals surface area contributed by atoms with Gasteiger partial charge in [-0.1, -0.05) is 22.9 Å². The molecule has 2 rings (SSSR count). The summed E-state index contributed by atoms with van der Waals surface area (Å²) in [7, 11) is 0. The van der Waals surface area contributed by atoms with E-state index in [9.17, 15) is 0 Å². The van der Waals surface area contributed by atoms with Crippen molar-refractivity contribution in [2.75, 3.05) is 18.0 Å². The predicted octanol–water partition coefficient (Wildman–Crippen LogP) is 1.84. The minimum absolute atomic E-state index is 0.205. The van der Waals surface area contributed by atoms with E-state index in [0.717, 1.165) is 24.6 Å². The van der Waals surface area contributed by atoms with E-state index in [1.165, 1.54) is 11.3 Å². The second-order valence-electron chi connectivity index (χ2n) is 4.08. The standard InChI is InChI=1S/C10H13ClN4S/c1-6(13)7-2-3-15(5-7)10-14-9(11)8(4-12)16-10/h6-7H,2-3,5,13H2,1H3. The van der Waals surface area contributed by atoms with Crippen molar-refractivity contribution in [3.63, 3.8) is 0 Å². The number of hydrogen-bond donors (Lipinski definition) is 1. The van der Waals surface area contributed by atoms with E-state index in [4.69, 9.17) is 22.6 Å². The summed E-state index contributed by atoms with van der Waals surface area (Å²) >= 11 is 7.20. The van der Waals surface area contributed by atoms with Gasteiger partial charge in [0.1, 0.15) is 10.9 Å². The summed E-state index contributed by atoms with van der Waals surface area (Å²) < 4.78 is 0. The highest BCUT2D eigenvalue weighted by Gasteiger charge is 2.27. The van der Waals surface area contributed by atoms with Crippen molar-refractivity contribution in [3.05, 3.63) is 10.0 Å². The van der Waals surface area contributed by atoms with Gasteiger partial charge in [0.25, 0.3) is 0 Å². The number of rotatable bonds is 2. The van der Waals surface area contributed by atoms with Crippen LogP contribution in [0.3, 0.4) is 0 Å². The quantitative estimate of drug-likeness (QED) is 0.877. The number of hydrogen-bond acceptors (Lipinski definition) is 5. The van der Waals surface area contributed by atoms with E-state index >= 15 is 0 Å². The fourth-order valence-corrected chi connectivity index (χ4v) is 2.96. The summed E-state index contributed by atoms with van der Waals surface area (Å²) in [6.45, 7) is 3.89. The van der Waals surface area contributed by atoms with Crippen LogP contribution in [0.1, 0.15) is 18.2 Å². The molecule has 1 aromatic heterocycles. The molecule has 0 bridgehead atoms. The first-order valence-electron chi connectivity index (χ1n) is 5.18. The molecule has 2 N–H and O–H groups in total. The zero-order valence-corrected chi connectivity index (χ0v) is 10.6. The smallest absolute Gasteiger partial charge is 0.188 e. The fraction of sp³-hybridized carbons (Fsp3) is 0.600. The molecule has 0 saturated carbocycles. The molecule has 86 valence electrons. The van der Waals surface area contributed by atoms with E-state index in [-0.39, 0.29) is 6.04 Å². The van der Waals surface area contributed by atoms with Gasteiger partial charge in [-0.05, 0) is 19.3 Å². The third-order valence-corrected chi connectivity index (χ3v) is 4.32. The molecule has 1 aromatic rings. The van der Waals surface area contributed by atoms with Crippen molar-refractivity contribution < 1.29 is 0 Å². The highest BCUT2D eigenvalue weighted by atomic mass is 35.5. The Morgan fingerprint density at radius 3 is 3.00 bits per heavy atom. The number of halogens is 1. The van der Waals surface area contributed by atoms with Crippen LogP contribution in [-0.2, 0) is 0 Å². The number of aromatic nitrogens is 1. The summed E-state index contributed by atoms with van der Waals surface area (Å²) in [6.07, 6.45) is 1.08. The number of nitrogens with zero attached hydrogens (tertiary/aromatic N) is 3. The summed E-state index contributed by atoms with van der Waals surface area (Å²) in [6, 6.07) is 2.25. The van der Waals surface area contributed by atoms with Gasteiger partial charge in [0.2, 0.25) is 0 Å². The van der Waals surface area contributed by atoms with E-state index in [1.807, 2.05) is 13.0 Å². The largest absolute Gasteiger partial charge is 0.348 e. The molecular formula is C10H13ClN4S. The first kappa shape index (κ1) is 11.6. The van der Waals surface area contributed by atoms with Crippen LogP contribution in [0.4, 0.5) is 5.13 Å². The Kier molecular flexibility index (Phi) is 3.33. The molecule has 1 aliphatic rings. The molecular weight excluding hydrogens is 244 g/mol. The first-order valence-corrected chi connectivity index (χ1v) is 6.38. The third-order valence-electron chi connectivity index (χ3n) is 2.91. The number of nitrogens with two attached hydrogens (primary N) is 1. The lowest BCUT2D eigenvalue weighted by molar-refractivity contribution is 0.488. The van der Waals surface area contributed by atoms with Crippen molar-refractivity contribution in [2.45, 2.75) is 19.4 Å². The summed E-state index contributed by atoms with van der Waals surface area (Å²) in [4.78, 5) is 6.85. The van der Waals surface area contributed by atoms with Gasteiger partial charge in [0.05, 0.1) is 0 Å². The highest BCUT2D eigenvalue weighted by Crippen LogP contribution is 2.32. The zero-order valence-electron chi connectivity index (χ0n) is 8.98. The molecule has 4 nitrogen and oxygen atoms in total. The monoisotopic (exact) mass is 256 g/mol. The maximum absolute atomic E-state index is 8.81. The van der Waals surface area contributed by atoms with Crippen LogP contribution in [-0.4, -0.2) is 24.1 Å². The Labute approximate surface area is 104 Å². The normalized spacial score (nSPS) is 22.1. The summed E-state index contributed by atoms with van der Waals surface area (Å²) in [5.74, 6) is 0.508. The van der Waals surface area contributed by atoms with Crippen LogP contribution >= 0.6 is 22.9 Å². The Balaban J connectivity index is 2.12. The molecule has 1 saturated heterocycles. The van der Waals surface area contributed by atoms with Gasteiger partial charge in [0.15, 0.2) is 10.3 Å². The first-order chi connectivity index (χ1) is 7.61. The van der Waals surface area contributed by atoms with Gasteiger partial charge in [-0.25, -0.2) is 4.98 Å². The number of anilines is 1. The number of nitriles is 1. The van der Waals surface area contributed by atoms with Crippen LogP contribution in [0.15, 0.2) is 0 Å². The molecule has 0 aliphatic carbocycles. The van der Waals surface area contributed by atoms with Crippen molar-refractivity contribution in [2.24, 2.45) is 11.7 Å². The van der Waals surface area contributed by atoms with Crippen molar-refractivity contribution in [1.29, 1.82) is 5.26 Å². The average Bonchev–Trinajstić information content (AvgIpc) is 2.83. The lowest BCUT2D eigenvalue weighted by Crippen LogP contribution is -2.29. The van der Waals surface area contributed by atoms with Crippen molar-refractivity contribution in [3.8, 4) is 6.07 Å². The molecule has 0 spiro atoms. The second-order valence-corrected chi connectivity index (χ2v) is 5.42. The Hall–Kier alpha value is -0.830. The van der Waals surface area contributed by atoms with Crippen LogP contribution in [0, 0.1) is 17.2 Å². The molecule has 2 heterocycles. The lowest BCUT2D eigenvalue weighted by Gasteiger charge is -2.16. The SMILES string of the molecule is CC(N)C1CCN(c2nc(Cl)c(C#N)s2)C1. The summed E-state index contributed by atoms with van der Waals surface area (Å²) in [5, 5.41) is 9.96. The van der Waals surface area contributed by atoms with Gasteiger partial charge < -0.3 is 10.6 Å². The predicted molar refractivity (Wildman–Crippen MR) is 65.8 cm³/mol. The van der Waals surface area contributed by atoms with E-state index in [1.54, 1.807) is 0 Å². The second kappa shape index (κ2) is 4.58. The minimum Gasteiger partial charge on any atom is -0.348 e. The highest BCUT2D eigenvalue weighted by molar-refractivity contribution is 7.16. The van der Waals surface area contributed by atoms with E-state index < -0.39 is 0 Å². The molecule has 2 atom stereocenters. The molecule has 0 aromatic carbocycles. The molecule has 0 amide bonds. The third kappa shape index (κ3) is 2.14.